The van der Waals surface area contributed by atoms with Crippen molar-refractivity contribution in [2.45, 2.75) is 20.8 Å². The van der Waals surface area contributed by atoms with Gasteiger partial charge < -0.3 is 16.0 Å². The first-order valence-corrected chi connectivity index (χ1v) is 8.32. The zero-order valence-electron chi connectivity index (χ0n) is 15.0. The molecule has 0 fully saturated rings. The van der Waals surface area contributed by atoms with Gasteiger partial charge in [0.2, 0.25) is 5.91 Å². The van der Waals surface area contributed by atoms with E-state index in [4.69, 9.17) is 0 Å². The Morgan fingerprint density at radius 1 is 0.808 bits per heavy atom. The minimum atomic E-state index is -0.107. The van der Waals surface area contributed by atoms with Crippen LogP contribution in [-0.4, -0.2) is 15.9 Å². The number of nitrogens with zero attached hydrogens (tertiary/aromatic N) is 2. The molecule has 6 nitrogen and oxygen atoms in total. The Bertz CT molecular complexity index is 939. The van der Waals surface area contributed by atoms with Crippen LogP contribution in [0.4, 0.5) is 28.7 Å². The summed E-state index contributed by atoms with van der Waals surface area (Å²) < 4.78 is 0. The highest BCUT2D eigenvalue weighted by molar-refractivity contribution is 5.89. The van der Waals surface area contributed by atoms with E-state index in [-0.39, 0.29) is 5.91 Å². The van der Waals surface area contributed by atoms with Crippen molar-refractivity contribution in [3.63, 3.8) is 0 Å². The monoisotopic (exact) mass is 347 g/mol. The fourth-order valence-electron chi connectivity index (χ4n) is 2.59. The quantitative estimate of drug-likeness (QED) is 0.631. The van der Waals surface area contributed by atoms with Crippen LogP contribution >= 0.6 is 0 Å². The van der Waals surface area contributed by atoms with Crippen molar-refractivity contribution in [1.82, 2.24) is 9.97 Å². The number of carbonyl (C=O) groups excluding carboxylic acids is 1. The van der Waals surface area contributed by atoms with Gasteiger partial charge in [0, 0.05) is 30.1 Å². The summed E-state index contributed by atoms with van der Waals surface area (Å²) in [6.45, 7) is 5.38. The van der Waals surface area contributed by atoms with Gasteiger partial charge in [-0.15, -0.1) is 0 Å². The molecule has 0 unspecified atom stereocenters. The summed E-state index contributed by atoms with van der Waals surface area (Å²) in [6, 6.07) is 17.4. The third-order valence-corrected chi connectivity index (χ3v) is 3.58. The number of benzene rings is 2. The summed E-state index contributed by atoms with van der Waals surface area (Å²) >= 11 is 0. The second kappa shape index (κ2) is 7.65. The molecule has 2 aromatic carbocycles. The van der Waals surface area contributed by atoms with E-state index in [9.17, 15) is 4.79 Å². The first-order valence-electron chi connectivity index (χ1n) is 8.32. The van der Waals surface area contributed by atoms with Gasteiger partial charge in [-0.05, 0) is 49.7 Å². The molecule has 1 aromatic heterocycles. The zero-order chi connectivity index (χ0) is 18.5. The van der Waals surface area contributed by atoms with Crippen molar-refractivity contribution in [1.29, 1.82) is 0 Å². The van der Waals surface area contributed by atoms with E-state index in [1.165, 1.54) is 12.5 Å². The number of anilines is 5. The fourth-order valence-corrected chi connectivity index (χ4v) is 2.59. The molecular formula is C20H21N5O. The number of carbonyl (C=O) groups is 1. The Balaban J connectivity index is 1.80. The van der Waals surface area contributed by atoms with Crippen LogP contribution in [-0.2, 0) is 4.79 Å². The Morgan fingerprint density at radius 3 is 2.00 bits per heavy atom. The Morgan fingerprint density at radius 2 is 1.38 bits per heavy atom. The molecule has 0 spiro atoms. The Kier molecular flexibility index (Phi) is 5.12. The van der Waals surface area contributed by atoms with Gasteiger partial charge >= 0.3 is 0 Å². The summed E-state index contributed by atoms with van der Waals surface area (Å²) in [5.74, 6) is 1.93. The predicted octanol–water partition coefficient (Wildman–Crippen LogP) is 4.54. The van der Waals surface area contributed by atoms with Crippen LogP contribution in [0.5, 0.6) is 0 Å². The van der Waals surface area contributed by atoms with E-state index >= 15 is 0 Å². The van der Waals surface area contributed by atoms with Crippen LogP contribution in [0, 0.1) is 13.8 Å². The first kappa shape index (κ1) is 17.4. The van der Waals surface area contributed by atoms with E-state index in [1.807, 2.05) is 62.4 Å². The molecule has 6 heteroatoms. The molecular weight excluding hydrogens is 326 g/mol. The SMILES string of the molecule is CC(=O)Nc1cccc(Nc2cc(Nc3cccc(C)c3)nc(C)n2)c1. The van der Waals surface area contributed by atoms with Gasteiger partial charge in [-0.25, -0.2) is 9.97 Å². The van der Waals surface area contributed by atoms with E-state index in [0.29, 0.717) is 17.5 Å². The van der Waals surface area contributed by atoms with Crippen LogP contribution < -0.4 is 16.0 Å². The molecule has 3 rings (SSSR count). The molecule has 0 saturated carbocycles. The molecule has 3 N–H and O–H groups in total. The highest BCUT2D eigenvalue weighted by Gasteiger charge is 2.05. The molecule has 1 amide bonds. The number of hydrogen-bond acceptors (Lipinski definition) is 5. The van der Waals surface area contributed by atoms with Crippen LogP contribution in [0.15, 0.2) is 54.6 Å². The molecule has 0 aliphatic rings. The molecule has 3 aromatic rings. The number of aryl methyl sites for hydroxylation is 2. The number of hydrogen-bond donors (Lipinski definition) is 3. The lowest BCUT2D eigenvalue weighted by Crippen LogP contribution is -2.06. The van der Waals surface area contributed by atoms with E-state index < -0.39 is 0 Å². The number of rotatable bonds is 5. The van der Waals surface area contributed by atoms with E-state index in [1.54, 1.807) is 0 Å². The zero-order valence-corrected chi connectivity index (χ0v) is 15.0. The van der Waals surface area contributed by atoms with Gasteiger partial charge in [0.1, 0.15) is 17.5 Å². The third-order valence-electron chi connectivity index (χ3n) is 3.58. The van der Waals surface area contributed by atoms with Crippen LogP contribution in [0.3, 0.4) is 0 Å². The average molecular weight is 347 g/mol. The highest BCUT2D eigenvalue weighted by atomic mass is 16.1. The van der Waals surface area contributed by atoms with Crippen molar-refractivity contribution < 1.29 is 4.79 Å². The maximum Gasteiger partial charge on any atom is 0.221 e. The second-order valence-corrected chi connectivity index (χ2v) is 6.07. The van der Waals surface area contributed by atoms with Crippen molar-refractivity contribution in [2.24, 2.45) is 0 Å². The summed E-state index contributed by atoms with van der Waals surface area (Å²) in [4.78, 5) is 20.1. The minimum absolute atomic E-state index is 0.107. The predicted molar refractivity (Wildman–Crippen MR) is 105 cm³/mol. The van der Waals surface area contributed by atoms with E-state index in [0.717, 1.165) is 17.1 Å². The lowest BCUT2D eigenvalue weighted by Gasteiger charge is -2.11. The van der Waals surface area contributed by atoms with Crippen molar-refractivity contribution in [3.8, 4) is 0 Å². The fraction of sp³-hybridized carbons (Fsp3) is 0.150. The molecule has 0 atom stereocenters. The summed E-state index contributed by atoms with van der Waals surface area (Å²) in [5, 5.41) is 9.32. The van der Waals surface area contributed by atoms with Gasteiger partial charge in [-0.1, -0.05) is 18.2 Å². The van der Waals surface area contributed by atoms with Crippen molar-refractivity contribution in [3.05, 3.63) is 66.0 Å². The van der Waals surface area contributed by atoms with Gasteiger partial charge in [-0.3, -0.25) is 4.79 Å². The van der Waals surface area contributed by atoms with Gasteiger partial charge in [0.05, 0.1) is 0 Å². The van der Waals surface area contributed by atoms with Crippen molar-refractivity contribution >= 4 is 34.6 Å². The maximum absolute atomic E-state index is 11.2. The third kappa shape index (κ3) is 4.80. The Hall–Kier alpha value is -3.41. The van der Waals surface area contributed by atoms with Crippen LogP contribution in [0.2, 0.25) is 0 Å². The van der Waals surface area contributed by atoms with Gasteiger partial charge in [-0.2, -0.15) is 0 Å². The average Bonchev–Trinajstić information content (AvgIpc) is 2.54. The highest BCUT2D eigenvalue weighted by Crippen LogP contribution is 2.22. The van der Waals surface area contributed by atoms with E-state index in [2.05, 4.69) is 32.0 Å². The normalized spacial score (nSPS) is 10.3. The minimum Gasteiger partial charge on any atom is -0.340 e. The first-order chi connectivity index (χ1) is 12.5. The number of aromatic nitrogens is 2. The Labute approximate surface area is 152 Å². The van der Waals surface area contributed by atoms with Crippen molar-refractivity contribution in [2.75, 3.05) is 16.0 Å². The topological polar surface area (TPSA) is 78.9 Å². The molecule has 0 saturated heterocycles. The molecule has 0 aliphatic carbocycles. The lowest BCUT2D eigenvalue weighted by atomic mass is 10.2. The van der Waals surface area contributed by atoms with Crippen LogP contribution in [0.1, 0.15) is 18.3 Å². The largest absolute Gasteiger partial charge is 0.340 e. The van der Waals surface area contributed by atoms with Gasteiger partial charge in [0.15, 0.2) is 0 Å². The standard InChI is InChI=1S/C20H21N5O/c1-13-6-4-7-16(10-13)24-19-12-20(22-14(2)21-19)25-18-9-5-8-17(11-18)23-15(3)26/h4-12H,1-3H3,(H,23,26)(H2,21,22,24,25). The molecule has 1 heterocycles. The summed E-state index contributed by atoms with van der Waals surface area (Å²) in [5.41, 5.74) is 3.71. The number of nitrogens with one attached hydrogen (secondary N) is 3. The molecule has 0 bridgehead atoms. The summed E-state index contributed by atoms with van der Waals surface area (Å²) in [7, 11) is 0. The lowest BCUT2D eigenvalue weighted by molar-refractivity contribution is -0.114. The van der Waals surface area contributed by atoms with Crippen LogP contribution in [0.25, 0.3) is 0 Å². The van der Waals surface area contributed by atoms with Gasteiger partial charge in [0.25, 0.3) is 0 Å². The summed E-state index contributed by atoms with van der Waals surface area (Å²) in [6.07, 6.45) is 0. The molecule has 0 aliphatic heterocycles. The molecule has 26 heavy (non-hydrogen) atoms. The second-order valence-electron chi connectivity index (χ2n) is 6.07. The molecule has 0 radical (unpaired) electrons. The maximum atomic E-state index is 11.2. The number of amides is 1. The smallest absolute Gasteiger partial charge is 0.221 e. The molecule has 132 valence electrons.